The number of pyridine rings is 2. The normalized spacial score (nSPS) is 16.5. The number of alkyl halides is 12. The Bertz CT molecular complexity index is 1640. The molecule has 5 rings (SSSR count). The molecular formula is C30H28F12N4O8S. The molecule has 3 aromatic rings. The van der Waals surface area contributed by atoms with Crippen molar-refractivity contribution in [2.24, 2.45) is 0 Å². The minimum Gasteiger partial charge on any atom is -0.475 e. The van der Waals surface area contributed by atoms with Gasteiger partial charge >= 0.3 is 48.6 Å². The van der Waals surface area contributed by atoms with Crippen LogP contribution >= 0.6 is 11.3 Å². The summed E-state index contributed by atoms with van der Waals surface area (Å²) in [5.74, 6) is -11.0. The molecule has 1 unspecified atom stereocenters. The lowest BCUT2D eigenvalue weighted by molar-refractivity contribution is -0.193. The zero-order valence-corrected chi connectivity index (χ0v) is 28.4. The number of carbonyl (C=O) groups is 4. The Kier molecular flexibility index (Phi) is 16.9. The van der Waals surface area contributed by atoms with Crippen molar-refractivity contribution in [1.29, 1.82) is 0 Å². The van der Waals surface area contributed by atoms with E-state index >= 15 is 0 Å². The van der Waals surface area contributed by atoms with E-state index in [4.69, 9.17) is 44.6 Å². The third-order valence-corrected chi connectivity index (χ3v) is 7.95. The smallest absolute Gasteiger partial charge is 0.475 e. The number of aryl methyl sites for hydroxylation is 1. The summed E-state index contributed by atoms with van der Waals surface area (Å²) in [6, 6.07) is 12.7. The van der Waals surface area contributed by atoms with Gasteiger partial charge in [-0.15, -0.1) is 11.3 Å². The summed E-state index contributed by atoms with van der Waals surface area (Å²) in [6.07, 6.45) is -15.3. The number of likely N-dealkylation sites (tertiary alicyclic amines) is 1. The lowest BCUT2D eigenvalue weighted by atomic mass is 9.85. The molecule has 4 N–H and O–H groups in total. The predicted octanol–water partition coefficient (Wildman–Crippen LogP) is 6.54. The Morgan fingerprint density at radius 1 is 0.691 bits per heavy atom. The van der Waals surface area contributed by atoms with Crippen LogP contribution in [0, 0.1) is 6.92 Å². The number of rotatable bonds is 4. The summed E-state index contributed by atoms with van der Waals surface area (Å²) in [4.78, 5) is 51.6. The second kappa shape index (κ2) is 19.4. The van der Waals surface area contributed by atoms with Crippen LogP contribution in [0.1, 0.15) is 28.2 Å². The Morgan fingerprint density at radius 3 is 1.56 bits per heavy atom. The van der Waals surface area contributed by atoms with Gasteiger partial charge in [0.15, 0.2) is 0 Å². The van der Waals surface area contributed by atoms with E-state index < -0.39 is 48.6 Å². The van der Waals surface area contributed by atoms with E-state index in [2.05, 4.69) is 57.4 Å². The zero-order valence-electron chi connectivity index (χ0n) is 27.6. The number of aromatic nitrogens is 2. The third-order valence-electron chi connectivity index (χ3n) is 6.94. The monoisotopic (exact) mass is 832 g/mol. The molecule has 0 radical (unpaired) electrons. The van der Waals surface area contributed by atoms with Crippen molar-refractivity contribution < 1.29 is 92.3 Å². The van der Waals surface area contributed by atoms with Gasteiger partial charge in [0.1, 0.15) is 0 Å². The molecule has 2 aliphatic rings. The number of aliphatic carboxylic acids is 4. The molecular weight excluding hydrogens is 804 g/mol. The van der Waals surface area contributed by atoms with Crippen LogP contribution in [0.25, 0.3) is 0 Å². The van der Waals surface area contributed by atoms with E-state index in [-0.39, 0.29) is 5.41 Å². The molecule has 0 aliphatic carbocycles. The number of carboxylic acids is 4. The topological polar surface area (TPSA) is 181 Å². The molecule has 12 nitrogen and oxygen atoms in total. The molecule has 1 atom stereocenters. The van der Waals surface area contributed by atoms with Crippen LogP contribution in [0.2, 0.25) is 0 Å². The summed E-state index contributed by atoms with van der Waals surface area (Å²) in [5, 5.41) is 30.7. The lowest BCUT2D eigenvalue weighted by Gasteiger charge is -2.25. The van der Waals surface area contributed by atoms with Crippen LogP contribution < -0.4 is 4.90 Å². The molecule has 55 heavy (non-hydrogen) atoms. The first-order chi connectivity index (χ1) is 25.0. The van der Waals surface area contributed by atoms with Gasteiger partial charge in [0.2, 0.25) is 0 Å². The highest BCUT2D eigenvalue weighted by Gasteiger charge is 2.48. The summed E-state index contributed by atoms with van der Waals surface area (Å²) in [5.41, 5.74) is 5.26. The molecule has 0 aromatic carbocycles. The van der Waals surface area contributed by atoms with Gasteiger partial charge in [0.25, 0.3) is 0 Å². The fraction of sp³-hybridized carbons (Fsp3) is 0.400. The molecule has 1 fully saturated rings. The summed E-state index contributed by atoms with van der Waals surface area (Å²) in [7, 11) is 0. The minimum absolute atomic E-state index is 0.149. The molecule has 0 bridgehead atoms. The summed E-state index contributed by atoms with van der Waals surface area (Å²) in [6.45, 7) is 7.41. The van der Waals surface area contributed by atoms with E-state index in [9.17, 15) is 52.7 Å². The number of hydrogen-bond donors (Lipinski definition) is 4. The van der Waals surface area contributed by atoms with E-state index in [1.165, 1.54) is 28.2 Å². The molecule has 5 heterocycles. The first-order valence-corrected chi connectivity index (χ1v) is 15.5. The Hall–Kier alpha value is -5.20. The minimum atomic E-state index is -5.08. The van der Waals surface area contributed by atoms with E-state index in [1.54, 1.807) is 0 Å². The summed E-state index contributed by atoms with van der Waals surface area (Å²) >= 11 is 1.88. The quantitative estimate of drug-likeness (QED) is 0.209. The highest BCUT2D eigenvalue weighted by atomic mass is 32.1. The number of thiophene rings is 1. The van der Waals surface area contributed by atoms with Crippen molar-refractivity contribution in [1.82, 2.24) is 14.9 Å². The van der Waals surface area contributed by atoms with Crippen LogP contribution in [0.4, 0.5) is 58.4 Å². The van der Waals surface area contributed by atoms with Crippen LogP contribution in [-0.4, -0.2) is 104 Å². The molecule has 306 valence electrons. The van der Waals surface area contributed by atoms with Crippen molar-refractivity contribution in [3.63, 3.8) is 0 Å². The molecule has 25 heteroatoms. The average Bonchev–Trinajstić information content (AvgIpc) is 3.74. The lowest BCUT2D eigenvalue weighted by Crippen LogP contribution is -2.36. The predicted molar refractivity (Wildman–Crippen MR) is 165 cm³/mol. The van der Waals surface area contributed by atoms with Crippen molar-refractivity contribution in [3.05, 3.63) is 76.0 Å². The number of nitrogens with zero attached hydrogens (tertiary/aromatic N) is 4. The highest BCUT2D eigenvalue weighted by molar-refractivity contribution is 7.10. The van der Waals surface area contributed by atoms with Crippen LogP contribution in [-0.2, 0) is 37.7 Å². The number of fused-ring (bicyclic) bond motifs is 2. The van der Waals surface area contributed by atoms with Crippen molar-refractivity contribution in [2.45, 2.75) is 56.6 Å². The molecule has 3 aromatic heterocycles. The average molecular weight is 833 g/mol. The maximum Gasteiger partial charge on any atom is 0.490 e. The molecule has 0 saturated carbocycles. The highest BCUT2D eigenvalue weighted by Crippen LogP contribution is 2.46. The fourth-order valence-corrected chi connectivity index (χ4v) is 5.55. The standard InChI is InChI=1S/C22H24N4S.4C2HF3O2/c1-17-7-12-27-20(17)14-25-11-8-22(15-25)16-26(13-18-5-2-3-9-23-18)19-6-4-10-24-21(19)22;4*3-2(4,5)1(6)7/h2-7,9-10,12H,8,11,13-16H2,1H3;4*(H,6,7). The largest absolute Gasteiger partial charge is 0.490 e. The first-order valence-electron chi connectivity index (χ1n) is 14.6. The number of hydrogen-bond acceptors (Lipinski definition) is 9. The van der Waals surface area contributed by atoms with Gasteiger partial charge in [-0.2, -0.15) is 52.7 Å². The SMILES string of the molecule is Cc1ccsc1CN1CCC2(C1)CN(Cc1ccccn1)c1cccnc12.O=C(O)C(F)(F)F.O=C(O)C(F)(F)F.O=C(O)C(F)(F)F.O=C(O)C(F)(F)F. The molecule has 1 saturated heterocycles. The van der Waals surface area contributed by atoms with Gasteiger partial charge in [-0.05, 0) is 61.2 Å². The number of anilines is 1. The molecule has 1 spiro atoms. The molecule has 2 aliphatic heterocycles. The number of carboxylic acid groups (broad SMARTS) is 4. The Labute approximate surface area is 305 Å². The number of halogens is 12. The first kappa shape index (κ1) is 47.8. The van der Waals surface area contributed by atoms with Crippen molar-refractivity contribution in [3.8, 4) is 0 Å². The van der Waals surface area contributed by atoms with Crippen molar-refractivity contribution >= 4 is 40.9 Å². The Morgan fingerprint density at radius 2 is 1.16 bits per heavy atom. The van der Waals surface area contributed by atoms with Gasteiger partial charge < -0.3 is 25.3 Å². The Balaban J connectivity index is 0.000000442. The van der Waals surface area contributed by atoms with Crippen LogP contribution in [0.5, 0.6) is 0 Å². The van der Waals surface area contributed by atoms with Gasteiger partial charge in [-0.3, -0.25) is 14.9 Å². The maximum atomic E-state index is 10.6. The second-order valence-electron chi connectivity index (χ2n) is 11.0. The van der Waals surface area contributed by atoms with Gasteiger partial charge in [-0.25, -0.2) is 19.2 Å². The van der Waals surface area contributed by atoms with Crippen LogP contribution in [0.15, 0.2) is 54.2 Å². The van der Waals surface area contributed by atoms with E-state index in [0.717, 1.165) is 38.4 Å². The van der Waals surface area contributed by atoms with Gasteiger partial charge in [-0.1, -0.05) is 6.07 Å². The van der Waals surface area contributed by atoms with Gasteiger partial charge in [0.05, 0.1) is 23.6 Å². The van der Waals surface area contributed by atoms with E-state index in [1.807, 2.05) is 29.8 Å². The van der Waals surface area contributed by atoms with E-state index in [0.29, 0.717) is 0 Å². The van der Waals surface area contributed by atoms with Crippen LogP contribution in [0.3, 0.4) is 0 Å². The third kappa shape index (κ3) is 16.0. The molecule has 0 amide bonds. The second-order valence-corrected chi connectivity index (χ2v) is 12.0. The fourth-order valence-electron chi connectivity index (χ4n) is 4.60. The maximum absolute atomic E-state index is 10.6. The zero-order chi connectivity index (χ0) is 42.6. The van der Waals surface area contributed by atoms with Gasteiger partial charge in [0, 0.05) is 42.3 Å². The van der Waals surface area contributed by atoms with Crippen molar-refractivity contribution in [2.75, 3.05) is 24.5 Å². The summed E-state index contributed by atoms with van der Waals surface area (Å²) < 4.78 is 127.